The van der Waals surface area contributed by atoms with Crippen LogP contribution in [0, 0.1) is 0 Å². The molecule has 0 radical (unpaired) electrons. The van der Waals surface area contributed by atoms with E-state index in [0.29, 0.717) is 36.6 Å². The number of thioether (sulfide) groups is 1. The van der Waals surface area contributed by atoms with Crippen LogP contribution in [-0.2, 0) is 9.59 Å². The minimum atomic E-state index is -0.591. The molecule has 1 aromatic rings. The number of nitrogens with one attached hydrogen (secondary N) is 1. The van der Waals surface area contributed by atoms with Crippen LogP contribution in [0.15, 0.2) is 18.2 Å². The third-order valence-electron chi connectivity index (χ3n) is 4.14. The summed E-state index contributed by atoms with van der Waals surface area (Å²) in [5, 5.41) is 2.77. The van der Waals surface area contributed by atoms with Crippen LogP contribution < -0.4 is 25.4 Å². The summed E-state index contributed by atoms with van der Waals surface area (Å²) < 4.78 is 10.5. The Labute approximate surface area is 164 Å². The first-order valence-corrected chi connectivity index (χ1v) is 9.49. The topological polar surface area (TPSA) is 93.9 Å². The number of hydrogen-bond donors (Lipinski definition) is 2. The van der Waals surface area contributed by atoms with E-state index in [0.717, 1.165) is 5.75 Å². The second-order valence-electron chi connectivity index (χ2n) is 5.80. The van der Waals surface area contributed by atoms with Gasteiger partial charge in [-0.2, -0.15) is 11.8 Å². The zero-order chi connectivity index (χ0) is 18.4. The van der Waals surface area contributed by atoms with E-state index in [1.54, 1.807) is 49.1 Å². The molecule has 0 spiro atoms. The summed E-state index contributed by atoms with van der Waals surface area (Å²) in [6, 6.07) is 4.15. The molecule has 26 heavy (non-hydrogen) atoms. The number of rotatable bonds is 8. The standard InChI is InChI=1S/C17H25N3O4S.ClH/c1-23-12-8-11(9-13(10-12)24-2)20-6-4-15(17(20)22)19-16(21)14(18)5-7-25-3;/h8-10,14-15H,4-7,18H2,1-3H3,(H,19,21);1H/t14-,15?;/m0./s1. The normalized spacial score (nSPS) is 17.5. The number of benzene rings is 1. The average Bonchev–Trinajstić information content (AvgIpc) is 2.99. The number of nitrogens with two attached hydrogens (primary N) is 1. The number of nitrogens with zero attached hydrogens (tertiary/aromatic N) is 1. The number of amides is 2. The smallest absolute Gasteiger partial charge is 0.249 e. The Hall–Kier alpha value is -1.64. The van der Waals surface area contributed by atoms with Crippen LogP contribution in [0.1, 0.15) is 12.8 Å². The molecule has 1 heterocycles. The van der Waals surface area contributed by atoms with Crippen molar-refractivity contribution in [1.29, 1.82) is 0 Å². The summed E-state index contributed by atoms with van der Waals surface area (Å²) in [6.45, 7) is 0.514. The molecule has 1 aliphatic heterocycles. The van der Waals surface area contributed by atoms with Gasteiger partial charge in [0, 0.05) is 24.7 Å². The number of anilines is 1. The van der Waals surface area contributed by atoms with Crippen molar-refractivity contribution in [2.45, 2.75) is 24.9 Å². The summed E-state index contributed by atoms with van der Waals surface area (Å²) in [6.07, 6.45) is 3.09. The number of ether oxygens (including phenoxy) is 2. The van der Waals surface area contributed by atoms with Gasteiger partial charge < -0.3 is 25.4 Å². The van der Waals surface area contributed by atoms with E-state index in [-0.39, 0.29) is 24.2 Å². The van der Waals surface area contributed by atoms with Gasteiger partial charge in [0.2, 0.25) is 11.8 Å². The summed E-state index contributed by atoms with van der Waals surface area (Å²) in [5.41, 5.74) is 6.55. The Kier molecular flexibility index (Phi) is 9.04. The highest BCUT2D eigenvalue weighted by Gasteiger charge is 2.34. The largest absolute Gasteiger partial charge is 0.497 e. The summed E-state index contributed by atoms with van der Waals surface area (Å²) in [5.74, 6) is 1.59. The van der Waals surface area contributed by atoms with Gasteiger partial charge >= 0.3 is 0 Å². The van der Waals surface area contributed by atoms with Gasteiger partial charge in [0.25, 0.3) is 0 Å². The van der Waals surface area contributed by atoms with E-state index < -0.39 is 12.1 Å². The summed E-state index contributed by atoms with van der Waals surface area (Å²) in [4.78, 5) is 26.4. The molecule has 0 saturated carbocycles. The van der Waals surface area contributed by atoms with Crippen LogP contribution in [-0.4, -0.2) is 56.7 Å². The van der Waals surface area contributed by atoms with E-state index in [1.165, 1.54) is 0 Å². The minimum absolute atomic E-state index is 0. The average molecular weight is 404 g/mol. The fourth-order valence-corrected chi connectivity index (χ4v) is 3.16. The SMILES string of the molecule is COc1cc(OC)cc(N2CCC(NC(=O)[C@@H](N)CCSC)C2=O)c1.Cl. The van der Waals surface area contributed by atoms with Crippen LogP contribution >= 0.6 is 24.2 Å². The number of carbonyl (C=O) groups is 2. The van der Waals surface area contributed by atoms with Crippen LogP contribution in [0.3, 0.4) is 0 Å². The lowest BCUT2D eigenvalue weighted by atomic mass is 10.2. The zero-order valence-electron chi connectivity index (χ0n) is 15.2. The maximum absolute atomic E-state index is 12.7. The highest BCUT2D eigenvalue weighted by molar-refractivity contribution is 7.98. The highest BCUT2D eigenvalue weighted by Crippen LogP contribution is 2.30. The third kappa shape index (κ3) is 5.43. The molecule has 1 saturated heterocycles. The lowest BCUT2D eigenvalue weighted by molar-refractivity contribution is -0.127. The lowest BCUT2D eigenvalue weighted by Crippen LogP contribution is -2.48. The molecular formula is C17H26ClN3O4S. The predicted molar refractivity (Wildman–Crippen MR) is 107 cm³/mol. The van der Waals surface area contributed by atoms with E-state index in [1.807, 2.05) is 6.26 Å². The number of halogens is 1. The van der Waals surface area contributed by atoms with Crippen LogP contribution in [0.25, 0.3) is 0 Å². The van der Waals surface area contributed by atoms with Gasteiger partial charge in [-0.05, 0) is 24.9 Å². The van der Waals surface area contributed by atoms with Crippen LogP contribution in [0.2, 0.25) is 0 Å². The lowest BCUT2D eigenvalue weighted by Gasteiger charge is -2.19. The van der Waals surface area contributed by atoms with Gasteiger partial charge in [0.1, 0.15) is 17.5 Å². The summed E-state index contributed by atoms with van der Waals surface area (Å²) >= 11 is 1.64. The molecule has 2 amide bonds. The molecule has 1 fully saturated rings. The second kappa shape index (κ2) is 10.5. The van der Waals surface area contributed by atoms with E-state index in [9.17, 15) is 9.59 Å². The highest BCUT2D eigenvalue weighted by atomic mass is 35.5. The minimum Gasteiger partial charge on any atom is -0.497 e. The molecule has 9 heteroatoms. The Morgan fingerprint density at radius 1 is 1.35 bits per heavy atom. The first-order chi connectivity index (χ1) is 12.0. The number of methoxy groups -OCH3 is 2. The third-order valence-corrected chi connectivity index (χ3v) is 4.78. The zero-order valence-corrected chi connectivity index (χ0v) is 16.8. The maximum atomic E-state index is 12.7. The van der Waals surface area contributed by atoms with Crippen molar-refractivity contribution >= 4 is 41.7 Å². The fraction of sp³-hybridized carbons (Fsp3) is 0.529. The van der Waals surface area contributed by atoms with Crippen molar-refractivity contribution in [3.8, 4) is 11.5 Å². The van der Waals surface area contributed by atoms with Gasteiger partial charge in [-0.1, -0.05) is 0 Å². The fourth-order valence-electron chi connectivity index (χ4n) is 2.67. The van der Waals surface area contributed by atoms with Crippen molar-refractivity contribution in [2.75, 3.05) is 37.7 Å². The Bertz CT molecular complexity index is 610. The molecule has 1 aliphatic rings. The molecule has 146 valence electrons. The van der Waals surface area contributed by atoms with Crippen molar-refractivity contribution in [3.05, 3.63) is 18.2 Å². The Morgan fingerprint density at radius 3 is 2.50 bits per heavy atom. The maximum Gasteiger partial charge on any atom is 0.249 e. The van der Waals surface area contributed by atoms with E-state index in [4.69, 9.17) is 15.2 Å². The van der Waals surface area contributed by atoms with E-state index >= 15 is 0 Å². The van der Waals surface area contributed by atoms with Gasteiger partial charge in [-0.25, -0.2) is 0 Å². The molecule has 0 bridgehead atoms. The van der Waals surface area contributed by atoms with Crippen molar-refractivity contribution in [3.63, 3.8) is 0 Å². The number of hydrogen-bond acceptors (Lipinski definition) is 6. The van der Waals surface area contributed by atoms with Gasteiger partial charge in [-0.15, -0.1) is 12.4 Å². The quantitative estimate of drug-likeness (QED) is 0.681. The van der Waals surface area contributed by atoms with Crippen molar-refractivity contribution in [2.24, 2.45) is 5.73 Å². The van der Waals surface area contributed by atoms with Crippen LogP contribution in [0.5, 0.6) is 11.5 Å². The second-order valence-corrected chi connectivity index (χ2v) is 6.78. The molecule has 0 aliphatic carbocycles. The molecule has 3 N–H and O–H groups in total. The molecule has 2 rings (SSSR count). The molecule has 7 nitrogen and oxygen atoms in total. The van der Waals surface area contributed by atoms with Gasteiger partial charge in [0.05, 0.1) is 25.9 Å². The molecule has 1 unspecified atom stereocenters. The Balaban J connectivity index is 0.00000338. The molecule has 2 atom stereocenters. The predicted octanol–water partition coefficient (Wildman–Crippen LogP) is 1.43. The van der Waals surface area contributed by atoms with Crippen molar-refractivity contribution < 1.29 is 19.1 Å². The molecular weight excluding hydrogens is 378 g/mol. The first-order valence-electron chi connectivity index (χ1n) is 8.09. The number of carbonyl (C=O) groups excluding carboxylic acids is 2. The summed E-state index contributed by atoms with van der Waals surface area (Å²) in [7, 11) is 3.12. The molecule has 0 aromatic heterocycles. The van der Waals surface area contributed by atoms with E-state index in [2.05, 4.69) is 5.32 Å². The van der Waals surface area contributed by atoms with Gasteiger partial charge in [0.15, 0.2) is 0 Å². The van der Waals surface area contributed by atoms with Crippen LogP contribution in [0.4, 0.5) is 5.69 Å². The van der Waals surface area contributed by atoms with Crippen molar-refractivity contribution in [1.82, 2.24) is 5.32 Å². The Morgan fingerprint density at radius 2 is 1.96 bits per heavy atom. The monoisotopic (exact) mass is 403 g/mol. The molecule has 1 aromatic carbocycles. The first kappa shape index (κ1) is 22.4. The van der Waals surface area contributed by atoms with Gasteiger partial charge in [-0.3, -0.25) is 9.59 Å².